The molecule has 0 aliphatic heterocycles. The average Bonchev–Trinajstić information content (AvgIpc) is 3.20. The molecule has 0 atom stereocenters. The van der Waals surface area contributed by atoms with E-state index in [0.717, 1.165) is 17.7 Å². The molecule has 1 amide bonds. The molecule has 0 spiro atoms. The van der Waals surface area contributed by atoms with Gasteiger partial charge in [0.2, 0.25) is 5.75 Å². The summed E-state index contributed by atoms with van der Waals surface area (Å²) in [7, 11) is 8.58. The fourth-order valence-electron chi connectivity index (χ4n) is 3.21. The molecule has 1 heterocycles. The summed E-state index contributed by atoms with van der Waals surface area (Å²) in [6, 6.07) is 8.94. The minimum absolute atomic E-state index is 0. The zero-order valence-corrected chi connectivity index (χ0v) is 21.1. The zero-order valence-electron chi connectivity index (χ0n) is 18.7. The normalized spacial score (nSPS) is 10.7. The Hall–Kier alpha value is -2.26. The van der Waals surface area contributed by atoms with Crippen LogP contribution in [-0.2, 0) is 0 Å². The largest absolute Gasteiger partial charge is 0.493 e. The van der Waals surface area contributed by atoms with Gasteiger partial charge in [-0.3, -0.25) is 9.69 Å². The van der Waals surface area contributed by atoms with Crippen LogP contribution < -0.4 is 19.1 Å². The van der Waals surface area contributed by atoms with Crippen molar-refractivity contribution < 1.29 is 19.0 Å². The first kappa shape index (κ1) is 26.0. The van der Waals surface area contributed by atoms with Gasteiger partial charge in [-0.05, 0) is 51.3 Å². The third-order valence-corrected chi connectivity index (χ3v) is 6.08. The van der Waals surface area contributed by atoms with Crippen LogP contribution in [0.15, 0.2) is 30.3 Å². The molecular formula is C22H27Cl2N3O4S. The van der Waals surface area contributed by atoms with E-state index in [2.05, 4.69) is 9.88 Å². The first-order valence-electron chi connectivity index (χ1n) is 9.71. The van der Waals surface area contributed by atoms with Crippen LogP contribution in [0.3, 0.4) is 0 Å². The second kappa shape index (κ2) is 11.6. The van der Waals surface area contributed by atoms with E-state index in [1.807, 2.05) is 26.2 Å². The van der Waals surface area contributed by atoms with E-state index in [0.29, 0.717) is 45.0 Å². The van der Waals surface area contributed by atoms with Gasteiger partial charge in [-0.1, -0.05) is 29.0 Å². The number of hydrogen-bond donors (Lipinski definition) is 0. The molecule has 0 bridgehead atoms. The van der Waals surface area contributed by atoms with E-state index in [-0.39, 0.29) is 18.3 Å². The number of fused-ring (bicyclic) bond motifs is 1. The highest BCUT2D eigenvalue weighted by molar-refractivity contribution is 7.22. The Bertz CT molecular complexity index is 1050. The molecule has 7 nitrogen and oxygen atoms in total. The summed E-state index contributed by atoms with van der Waals surface area (Å²) < 4.78 is 17.1. The first-order valence-corrected chi connectivity index (χ1v) is 10.9. The monoisotopic (exact) mass is 499 g/mol. The topological polar surface area (TPSA) is 64.1 Å². The van der Waals surface area contributed by atoms with Gasteiger partial charge in [-0.2, -0.15) is 0 Å². The van der Waals surface area contributed by atoms with Crippen LogP contribution in [0, 0.1) is 0 Å². The van der Waals surface area contributed by atoms with Crippen molar-refractivity contribution in [2.45, 2.75) is 6.42 Å². The van der Waals surface area contributed by atoms with Crippen LogP contribution in [0.1, 0.15) is 16.8 Å². The molecule has 1 aromatic heterocycles. The van der Waals surface area contributed by atoms with Gasteiger partial charge in [-0.25, -0.2) is 4.98 Å². The summed E-state index contributed by atoms with van der Waals surface area (Å²) in [6.45, 7) is 1.34. The third-order valence-electron chi connectivity index (χ3n) is 4.73. The Labute approximate surface area is 203 Å². The Kier molecular flexibility index (Phi) is 9.39. The standard InChI is InChI=1S/C22H26ClN3O4S.ClH/c1-25(2)10-7-11-26(22-24-19-15(23)8-6-9-18(19)31-22)21(27)14-12-16(28-3)20(30-5)17(13-14)29-4;/h6,8-9,12-13H,7,10-11H2,1-5H3;1H. The van der Waals surface area contributed by atoms with E-state index in [1.54, 1.807) is 23.1 Å². The first-order chi connectivity index (χ1) is 14.9. The second-order valence-electron chi connectivity index (χ2n) is 7.11. The molecule has 0 fully saturated rings. The van der Waals surface area contributed by atoms with Gasteiger partial charge in [0.15, 0.2) is 16.6 Å². The molecule has 0 unspecified atom stereocenters. The van der Waals surface area contributed by atoms with E-state index in [9.17, 15) is 4.79 Å². The van der Waals surface area contributed by atoms with Crippen molar-refractivity contribution in [3.05, 3.63) is 40.9 Å². The molecule has 174 valence electrons. The van der Waals surface area contributed by atoms with Crippen molar-refractivity contribution in [2.24, 2.45) is 0 Å². The number of amides is 1. The van der Waals surface area contributed by atoms with Crippen LogP contribution in [0.5, 0.6) is 17.2 Å². The molecule has 0 saturated carbocycles. The summed E-state index contributed by atoms with van der Waals surface area (Å²) in [6.07, 6.45) is 0.785. The van der Waals surface area contributed by atoms with E-state index in [4.69, 9.17) is 25.8 Å². The molecule has 0 aliphatic carbocycles. The average molecular weight is 500 g/mol. The van der Waals surface area contributed by atoms with Crippen molar-refractivity contribution in [3.63, 3.8) is 0 Å². The number of ether oxygens (including phenoxy) is 3. The lowest BCUT2D eigenvalue weighted by Gasteiger charge is -2.22. The van der Waals surface area contributed by atoms with Crippen molar-refractivity contribution in [3.8, 4) is 17.2 Å². The number of anilines is 1. The molecule has 3 rings (SSSR count). The Morgan fingerprint density at radius 1 is 1.06 bits per heavy atom. The number of nitrogens with zero attached hydrogens (tertiary/aromatic N) is 3. The highest BCUT2D eigenvalue weighted by Crippen LogP contribution is 2.39. The lowest BCUT2D eigenvalue weighted by atomic mass is 10.1. The number of benzene rings is 2. The molecule has 0 radical (unpaired) electrons. The highest BCUT2D eigenvalue weighted by atomic mass is 35.5. The number of hydrogen-bond acceptors (Lipinski definition) is 7. The Morgan fingerprint density at radius 2 is 1.72 bits per heavy atom. The zero-order chi connectivity index (χ0) is 22.5. The number of para-hydroxylation sites is 1. The molecule has 0 N–H and O–H groups in total. The second-order valence-corrected chi connectivity index (χ2v) is 8.53. The van der Waals surface area contributed by atoms with E-state index < -0.39 is 0 Å². The van der Waals surface area contributed by atoms with E-state index in [1.165, 1.54) is 32.7 Å². The fraction of sp³-hybridized carbons (Fsp3) is 0.364. The van der Waals surface area contributed by atoms with Crippen LogP contribution >= 0.6 is 35.3 Å². The third kappa shape index (κ3) is 5.56. The molecule has 0 saturated heterocycles. The maximum absolute atomic E-state index is 13.6. The quantitative estimate of drug-likeness (QED) is 0.412. The van der Waals surface area contributed by atoms with Gasteiger partial charge < -0.3 is 19.1 Å². The fourth-order valence-corrected chi connectivity index (χ4v) is 4.50. The van der Waals surface area contributed by atoms with Crippen LogP contribution in [0.2, 0.25) is 5.02 Å². The van der Waals surface area contributed by atoms with Crippen molar-refractivity contribution in [2.75, 3.05) is 53.4 Å². The molecular weight excluding hydrogens is 473 g/mol. The Morgan fingerprint density at radius 3 is 2.25 bits per heavy atom. The molecule has 32 heavy (non-hydrogen) atoms. The predicted octanol–water partition coefficient (Wildman–Crippen LogP) is 5.00. The van der Waals surface area contributed by atoms with Crippen molar-refractivity contribution in [1.82, 2.24) is 9.88 Å². The van der Waals surface area contributed by atoms with Gasteiger partial charge >= 0.3 is 0 Å². The summed E-state index contributed by atoms with van der Waals surface area (Å²) >= 11 is 7.75. The number of aromatic nitrogens is 1. The number of carbonyl (C=O) groups is 1. The number of thiazole rings is 1. The maximum atomic E-state index is 13.6. The van der Waals surface area contributed by atoms with Crippen LogP contribution in [0.25, 0.3) is 10.2 Å². The minimum atomic E-state index is -0.201. The van der Waals surface area contributed by atoms with Gasteiger partial charge in [-0.15, -0.1) is 12.4 Å². The molecule has 3 aromatic rings. The summed E-state index contributed by atoms with van der Waals surface area (Å²) in [4.78, 5) is 22.0. The van der Waals surface area contributed by atoms with Crippen molar-refractivity contribution in [1.29, 1.82) is 0 Å². The smallest absolute Gasteiger partial charge is 0.260 e. The summed E-state index contributed by atoms with van der Waals surface area (Å²) in [5.41, 5.74) is 1.11. The van der Waals surface area contributed by atoms with Crippen LogP contribution in [-0.4, -0.2) is 64.3 Å². The number of carbonyl (C=O) groups excluding carboxylic acids is 1. The molecule has 2 aromatic carbocycles. The lowest BCUT2D eigenvalue weighted by Crippen LogP contribution is -2.33. The number of halogens is 2. The highest BCUT2D eigenvalue weighted by Gasteiger charge is 2.25. The molecule has 10 heteroatoms. The van der Waals surface area contributed by atoms with Gasteiger partial charge in [0.25, 0.3) is 5.91 Å². The predicted molar refractivity (Wildman–Crippen MR) is 133 cm³/mol. The SMILES string of the molecule is COc1cc(C(=O)N(CCCN(C)C)c2nc3c(Cl)cccc3s2)cc(OC)c1OC.Cl. The molecule has 0 aliphatic rings. The van der Waals surface area contributed by atoms with E-state index >= 15 is 0 Å². The van der Waals surface area contributed by atoms with Gasteiger partial charge in [0.05, 0.1) is 31.1 Å². The number of rotatable bonds is 9. The van der Waals surface area contributed by atoms with Crippen molar-refractivity contribution >= 4 is 56.6 Å². The summed E-state index contributed by atoms with van der Waals surface area (Å²) in [5.74, 6) is 1.08. The van der Waals surface area contributed by atoms with Crippen LogP contribution in [0.4, 0.5) is 5.13 Å². The maximum Gasteiger partial charge on any atom is 0.260 e. The summed E-state index contributed by atoms with van der Waals surface area (Å²) in [5, 5.41) is 1.16. The Balaban J connectivity index is 0.00000363. The van der Waals surface area contributed by atoms with Gasteiger partial charge in [0.1, 0.15) is 5.52 Å². The number of methoxy groups -OCH3 is 3. The van der Waals surface area contributed by atoms with Gasteiger partial charge in [0, 0.05) is 12.1 Å². The minimum Gasteiger partial charge on any atom is -0.493 e. The lowest BCUT2D eigenvalue weighted by molar-refractivity contribution is 0.0985.